The lowest BCUT2D eigenvalue weighted by Gasteiger charge is -2.29. The van der Waals surface area contributed by atoms with Gasteiger partial charge < -0.3 is 9.47 Å². The molecule has 0 bridgehead atoms. The molecule has 0 saturated carbocycles. The SMILES string of the molecule is CC(C)(C)O[C@H]1CCN2O[C@@H]3COC(=O)[C@@H]3[C@@H]12. The molecule has 0 spiro atoms. The fourth-order valence-corrected chi connectivity index (χ4v) is 3.02. The van der Waals surface area contributed by atoms with Crippen LogP contribution in [-0.2, 0) is 19.1 Å². The zero-order valence-corrected chi connectivity index (χ0v) is 10.5. The topological polar surface area (TPSA) is 48.0 Å². The molecule has 3 aliphatic heterocycles. The second-order valence-electron chi connectivity index (χ2n) is 5.99. The zero-order chi connectivity index (χ0) is 12.2. The van der Waals surface area contributed by atoms with Crippen molar-refractivity contribution in [2.75, 3.05) is 13.2 Å². The van der Waals surface area contributed by atoms with E-state index in [0.717, 1.165) is 13.0 Å². The highest BCUT2D eigenvalue weighted by Gasteiger charge is 2.58. The molecule has 3 heterocycles. The maximum Gasteiger partial charge on any atom is 0.313 e. The summed E-state index contributed by atoms with van der Waals surface area (Å²) < 4.78 is 11.1. The van der Waals surface area contributed by atoms with Crippen molar-refractivity contribution in [1.82, 2.24) is 5.06 Å². The average molecular weight is 241 g/mol. The summed E-state index contributed by atoms with van der Waals surface area (Å²) in [5.41, 5.74) is -0.193. The van der Waals surface area contributed by atoms with Crippen LogP contribution in [0.4, 0.5) is 0 Å². The Hall–Kier alpha value is -0.650. The molecular weight excluding hydrogens is 222 g/mol. The van der Waals surface area contributed by atoms with E-state index in [1.54, 1.807) is 0 Å². The number of hydrogen-bond acceptors (Lipinski definition) is 5. The van der Waals surface area contributed by atoms with Crippen molar-refractivity contribution in [3.8, 4) is 0 Å². The van der Waals surface area contributed by atoms with Crippen LogP contribution in [0.25, 0.3) is 0 Å². The van der Waals surface area contributed by atoms with Crippen molar-refractivity contribution in [2.24, 2.45) is 5.92 Å². The Balaban J connectivity index is 1.78. The van der Waals surface area contributed by atoms with Crippen LogP contribution in [0.15, 0.2) is 0 Å². The molecule has 3 aliphatic rings. The molecule has 4 atom stereocenters. The lowest BCUT2D eigenvalue weighted by atomic mass is 9.93. The first-order valence-corrected chi connectivity index (χ1v) is 6.23. The maximum atomic E-state index is 11.7. The number of carbonyl (C=O) groups excluding carboxylic acids is 1. The third kappa shape index (κ3) is 1.86. The monoisotopic (exact) mass is 241 g/mol. The number of rotatable bonds is 1. The van der Waals surface area contributed by atoms with Crippen LogP contribution in [0.1, 0.15) is 27.2 Å². The number of fused-ring (bicyclic) bond motifs is 3. The van der Waals surface area contributed by atoms with Crippen molar-refractivity contribution in [3.63, 3.8) is 0 Å². The summed E-state index contributed by atoms with van der Waals surface area (Å²) in [4.78, 5) is 17.5. The van der Waals surface area contributed by atoms with Gasteiger partial charge in [0.2, 0.25) is 0 Å². The third-order valence-electron chi connectivity index (χ3n) is 3.55. The number of esters is 1. The molecule has 0 radical (unpaired) electrons. The zero-order valence-electron chi connectivity index (χ0n) is 10.5. The summed E-state index contributed by atoms with van der Waals surface area (Å²) in [5, 5.41) is 1.92. The molecular formula is C12H19NO4. The summed E-state index contributed by atoms with van der Waals surface area (Å²) in [6.45, 7) is 7.34. The van der Waals surface area contributed by atoms with Crippen LogP contribution < -0.4 is 0 Å². The molecule has 0 aromatic carbocycles. The molecule has 0 unspecified atom stereocenters. The number of carbonyl (C=O) groups is 1. The minimum Gasteiger partial charge on any atom is -0.462 e. The van der Waals surface area contributed by atoms with Gasteiger partial charge in [0.1, 0.15) is 18.6 Å². The first-order chi connectivity index (χ1) is 7.96. The highest BCUT2D eigenvalue weighted by atomic mass is 16.7. The Morgan fingerprint density at radius 3 is 2.88 bits per heavy atom. The van der Waals surface area contributed by atoms with Crippen LogP contribution in [0.2, 0.25) is 0 Å². The van der Waals surface area contributed by atoms with Gasteiger partial charge in [-0.05, 0) is 27.2 Å². The molecule has 96 valence electrons. The Labute approximate surface area is 101 Å². The Kier molecular flexibility index (Phi) is 2.47. The predicted octanol–water partition coefficient (Wildman–Crippen LogP) is 0.731. The van der Waals surface area contributed by atoms with Gasteiger partial charge in [-0.2, -0.15) is 5.06 Å². The Morgan fingerprint density at radius 2 is 2.18 bits per heavy atom. The van der Waals surface area contributed by atoms with Gasteiger partial charge in [-0.1, -0.05) is 0 Å². The van der Waals surface area contributed by atoms with Gasteiger partial charge in [0, 0.05) is 6.54 Å². The molecule has 5 nitrogen and oxygen atoms in total. The van der Waals surface area contributed by atoms with Gasteiger partial charge in [-0.15, -0.1) is 0 Å². The summed E-state index contributed by atoms with van der Waals surface area (Å²) >= 11 is 0. The van der Waals surface area contributed by atoms with Gasteiger partial charge in [-0.3, -0.25) is 9.63 Å². The predicted molar refractivity (Wildman–Crippen MR) is 59.1 cm³/mol. The van der Waals surface area contributed by atoms with E-state index in [9.17, 15) is 4.79 Å². The van der Waals surface area contributed by atoms with Crippen LogP contribution in [0, 0.1) is 5.92 Å². The Bertz CT molecular complexity index is 338. The van der Waals surface area contributed by atoms with E-state index in [4.69, 9.17) is 14.3 Å². The van der Waals surface area contributed by atoms with Crippen LogP contribution in [0.5, 0.6) is 0 Å². The second-order valence-corrected chi connectivity index (χ2v) is 5.99. The van der Waals surface area contributed by atoms with E-state index in [-0.39, 0.29) is 35.7 Å². The fourth-order valence-electron chi connectivity index (χ4n) is 3.02. The molecule has 0 aromatic rings. The lowest BCUT2D eigenvalue weighted by Crippen LogP contribution is -2.41. The highest BCUT2D eigenvalue weighted by Crippen LogP contribution is 2.41. The summed E-state index contributed by atoms with van der Waals surface area (Å²) in [6.07, 6.45) is 0.882. The van der Waals surface area contributed by atoms with Gasteiger partial charge >= 0.3 is 5.97 Å². The van der Waals surface area contributed by atoms with E-state index in [2.05, 4.69) is 0 Å². The Morgan fingerprint density at radius 1 is 1.41 bits per heavy atom. The van der Waals surface area contributed by atoms with Crippen molar-refractivity contribution in [1.29, 1.82) is 0 Å². The quantitative estimate of drug-likeness (QED) is 0.633. The molecule has 0 aromatic heterocycles. The smallest absolute Gasteiger partial charge is 0.313 e. The minimum absolute atomic E-state index is 0.0363. The average Bonchev–Trinajstić information content (AvgIpc) is 2.80. The van der Waals surface area contributed by atoms with Crippen molar-refractivity contribution < 1.29 is 19.1 Å². The first kappa shape index (κ1) is 11.4. The molecule has 17 heavy (non-hydrogen) atoms. The molecule has 0 amide bonds. The normalized spacial score (nSPS) is 41.5. The fraction of sp³-hybridized carbons (Fsp3) is 0.917. The summed E-state index contributed by atoms with van der Waals surface area (Å²) in [6, 6.07) is 0.0363. The molecule has 5 heteroatoms. The number of ether oxygens (including phenoxy) is 2. The van der Waals surface area contributed by atoms with E-state index < -0.39 is 0 Å². The number of hydroxylamine groups is 2. The third-order valence-corrected chi connectivity index (χ3v) is 3.55. The van der Waals surface area contributed by atoms with E-state index >= 15 is 0 Å². The van der Waals surface area contributed by atoms with Gasteiger partial charge in [-0.25, -0.2) is 0 Å². The standard InChI is InChI=1S/C12H19NO4/c1-12(2,3)16-7-4-5-13-10(7)9-8(17-13)6-15-11(9)14/h7-10H,4-6H2,1-3H3/t7-,8+,9-,10+/m0/s1. The summed E-state index contributed by atoms with van der Waals surface area (Å²) in [7, 11) is 0. The van der Waals surface area contributed by atoms with Gasteiger partial charge in [0.15, 0.2) is 0 Å². The van der Waals surface area contributed by atoms with Gasteiger partial charge in [0.25, 0.3) is 0 Å². The van der Waals surface area contributed by atoms with Crippen LogP contribution >= 0.6 is 0 Å². The van der Waals surface area contributed by atoms with Crippen molar-refractivity contribution in [2.45, 2.75) is 51.0 Å². The minimum atomic E-state index is -0.193. The van der Waals surface area contributed by atoms with Crippen molar-refractivity contribution in [3.05, 3.63) is 0 Å². The number of cyclic esters (lactones) is 1. The molecule has 3 rings (SSSR count). The van der Waals surface area contributed by atoms with Crippen molar-refractivity contribution >= 4 is 5.97 Å². The second kappa shape index (κ2) is 3.67. The molecule has 3 saturated heterocycles. The van der Waals surface area contributed by atoms with E-state index in [1.165, 1.54) is 0 Å². The van der Waals surface area contributed by atoms with E-state index in [0.29, 0.717) is 6.61 Å². The molecule has 0 N–H and O–H groups in total. The van der Waals surface area contributed by atoms with Crippen LogP contribution in [-0.4, -0.2) is 48.0 Å². The molecule has 0 aliphatic carbocycles. The molecule has 3 fully saturated rings. The van der Waals surface area contributed by atoms with Crippen LogP contribution in [0.3, 0.4) is 0 Å². The van der Waals surface area contributed by atoms with Gasteiger partial charge in [0.05, 0.1) is 17.7 Å². The maximum absolute atomic E-state index is 11.7. The highest BCUT2D eigenvalue weighted by molar-refractivity contribution is 5.76. The summed E-state index contributed by atoms with van der Waals surface area (Å²) in [5.74, 6) is -0.295. The lowest BCUT2D eigenvalue weighted by molar-refractivity contribution is -0.172. The van der Waals surface area contributed by atoms with E-state index in [1.807, 2.05) is 25.8 Å². The number of hydrogen-bond donors (Lipinski definition) is 0. The first-order valence-electron chi connectivity index (χ1n) is 6.23. The largest absolute Gasteiger partial charge is 0.462 e. The number of nitrogens with zero attached hydrogens (tertiary/aromatic N) is 1.